The van der Waals surface area contributed by atoms with E-state index in [0.29, 0.717) is 13.0 Å². The standard InChI is InChI=1S/C37H56N2O18/c1-17(43)39-25-32(57-36-29(47)28(46)26(44)22(14-40)54-36)27(45)23(15-41)53-35(25)56-31-24(16-42)55-37(51-20-9-7-18(8-10-20)11-12-38)30(48)33(31)52-21(34(49)50)13-19-5-3-2-4-6-19/h7-10,19,21-29,31-33,35-36,40-42,44-48H,2-6,11-16,38H2,1H3,(H,39,43)(H,49,50)/t21-,22?,23?,24?,25?,26-,27-,28?,29?,31-,32?,33?,35-,36-/m0/s1. The van der Waals surface area contributed by atoms with Crippen molar-refractivity contribution >= 4 is 11.9 Å². The topological polar surface area (TPSA) is 319 Å². The molecule has 0 bridgehead atoms. The molecule has 3 heterocycles. The maximum atomic E-state index is 12.7. The molecule has 2 saturated heterocycles. The van der Waals surface area contributed by atoms with Crippen LogP contribution < -0.4 is 15.8 Å². The first-order valence-electron chi connectivity index (χ1n) is 19.2. The van der Waals surface area contributed by atoms with Gasteiger partial charge in [-0.2, -0.15) is 0 Å². The number of aliphatic hydroxyl groups excluding tert-OH is 8. The van der Waals surface area contributed by atoms with Gasteiger partial charge in [-0.1, -0.05) is 44.2 Å². The van der Waals surface area contributed by atoms with E-state index >= 15 is 0 Å². The van der Waals surface area contributed by atoms with Crippen molar-refractivity contribution in [1.82, 2.24) is 5.32 Å². The van der Waals surface area contributed by atoms with Gasteiger partial charge in [0, 0.05) is 6.92 Å². The third kappa shape index (κ3) is 10.9. The summed E-state index contributed by atoms with van der Waals surface area (Å²) < 4.78 is 41.5. The Bertz CT molecular complexity index is 1480. The molecule has 5 rings (SSSR count). The average molecular weight is 817 g/mol. The van der Waals surface area contributed by atoms with Gasteiger partial charge in [0.25, 0.3) is 0 Å². The maximum Gasteiger partial charge on any atom is 0.332 e. The molecule has 57 heavy (non-hydrogen) atoms. The highest BCUT2D eigenvalue weighted by molar-refractivity contribution is 5.73. The number of carbonyl (C=O) groups excluding carboxylic acids is 1. The lowest BCUT2D eigenvalue weighted by Crippen LogP contribution is -2.69. The first-order chi connectivity index (χ1) is 27.3. The number of aliphatic carboxylic acids is 1. The van der Waals surface area contributed by atoms with Gasteiger partial charge in [-0.15, -0.1) is 0 Å². The van der Waals surface area contributed by atoms with Gasteiger partial charge in [0.15, 0.2) is 30.9 Å². The van der Waals surface area contributed by atoms with Crippen LogP contribution in [0.3, 0.4) is 0 Å². The van der Waals surface area contributed by atoms with Crippen LogP contribution in [-0.2, 0) is 44.4 Å². The van der Waals surface area contributed by atoms with Gasteiger partial charge < -0.3 is 90.2 Å². The summed E-state index contributed by atoms with van der Waals surface area (Å²) in [6.45, 7) is -0.960. The molecule has 0 spiro atoms. The molecule has 1 aromatic carbocycles. The Hall–Kier alpha value is -3.22. The van der Waals surface area contributed by atoms with Crippen molar-refractivity contribution in [3.63, 3.8) is 0 Å². The molecular weight excluding hydrogens is 760 g/mol. The minimum atomic E-state index is -1.93. The number of benzene rings is 1. The summed E-state index contributed by atoms with van der Waals surface area (Å²) in [5, 5.41) is 97.9. The summed E-state index contributed by atoms with van der Waals surface area (Å²) in [6, 6.07) is 5.12. The van der Waals surface area contributed by atoms with Crippen LogP contribution in [0.5, 0.6) is 5.75 Å². The number of ether oxygens (including phenoxy) is 7. The van der Waals surface area contributed by atoms with E-state index in [9.17, 15) is 55.5 Å². The average Bonchev–Trinajstić information content (AvgIpc) is 3.19. The Morgan fingerprint density at radius 3 is 2.05 bits per heavy atom. The van der Waals surface area contributed by atoms with Crippen LogP contribution >= 0.6 is 0 Å². The molecule has 20 nitrogen and oxygen atoms in total. The van der Waals surface area contributed by atoms with Crippen molar-refractivity contribution in [2.75, 3.05) is 26.4 Å². The molecule has 14 atom stereocenters. The number of rotatable bonds is 17. The van der Waals surface area contributed by atoms with Crippen molar-refractivity contribution < 1.29 is 88.7 Å². The second-order valence-corrected chi connectivity index (χ2v) is 14.8. The number of amides is 1. The lowest BCUT2D eigenvalue weighted by molar-refractivity contribution is -0.353. The molecule has 1 amide bonds. The summed E-state index contributed by atoms with van der Waals surface area (Å²) in [7, 11) is 0. The van der Waals surface area contributed by atoms with Gasteiger partial charge in [0.05, 0.1) is 19.8 Å². The van der Waals surface area contributed by atoms with Crippen LogP contribution in [0.15, 0.2) is 36.0 Å². The number of hydrogen-bond donors (Lipinski definition) is 11. The fourth-order valence-electron chi connectivity index (χ4n) is 7.59. The van der Waals surface area contributed by atoms with Crippen LogP contribution in [0.4, 0.5) is 0 Å². The number of carbonyl (C=O) groups is 2. The van der Waals surface area contributed by atoms with Gasteiger partial charge >= 0.3 is 11.9 Å². The first-order valence-corrected chi connectivity index (χ1v) is 19.2. The fraction of sp³-hybridized carbons (Fsp3) is 0.730. The molecule has 3 aliphatic heterocycles. The number of hydrogen-bond acceptors (Lipinski definition) is 18. The van der Waals surface area contributed by atoms with Crippen LogP contribution in [0.1, 0.15) is 51.0 Å². The molecule has 1 saturated carbocycles. The lowest BCUT2D eigenvalue weighted by Gasteiger charge is -2.48. The van der Waals surface area contributed by atoms with Gasteiger partial charge in [-0.25, -0.2) is 4.79 Å². The molecule has 8 unspecified atom stereocenters. The quantitative estimate of drug-likeness (QED) is 0.0784. The number of carboxylic acid groups (broad SMARTS) is 1. The molecule has 322 valence electrons. The Morgan fingerprint density at radius 1 is 0.842 bits per heavy atom. The highest BCUT2D eigenvalue weighted by atomic mass is 16.7. The molecule has 1 aliphatic carbocycles. The van der Waals surface area contributed by atoms with E-state index in [1.54, 1.807) is 24.3 Å². The monoisotopic (exact) mass is 816 g/mol. The fourth-order valence-corrected chi connectivity index (χ4v) is 7.59. The number of carboxylic acids is 1. The highest BCUT2D eigenvalue weighted by Crippen LogP contribution is 2.37. The van der Waals surface area contributed by atoms with Crippen molar-refractivity contribution in [3.05, 3.63) is 41.5 Å². The summed E-state index contributed by atoms with van der Waals surface area (Å²) in [4.78, 5) is 25.3. The zero-order chi connectivity index (χ0) is 41.4. The summed E-state index contributed by atoms with van der Waals surface area (Å²) >= 11 is 0. The van der Waals surface area contributed by atoms with Crippen LogP contribution in [0.2, 0.25) is 0 Å². The van der Waals surface area contributed by atoms with E-state index in [-0.39, 0.29) is 18.1 Å². The van der Waals surface area contributed by atoms with Crippen molar-refractivity contribution in [3.8, 4) is 5.75 Å². The van der Waals surface area contributed by atoms with Gasteiger partial charge in [-0.05, 0) is 43.0 Å². The first kappa shape index (κ1) is 44.9. The van der Waals surface area contributed by atoms with Gasteiger partial charge in [-0.3, -0.25) is 4.79 Å². The number of nitrogens with two attached hydrogens (primary N) is 1. The van der Waals surface area contributed by atoms with E-state index in [2.05, 4.69) is 5.32 Å². The zero-order valence-electron chi connectivity index (χ0n) is 31.5. The summed E-state index contributed by atoms with van der Waals surface area (Å²) in [6.07, 6.45) is -16.8. The molecule has 12 N–H and O–H groups in total. The van der Waals surface area contributed by atoms with E-state index in [1.807, 2.05) is 0 Å². The van der Waals surface area contributed by atoms with E-state index in [4.69, 9.17) is 38.9 Å². The molecule has 1 aromatic rings. The van der Waals surface area contributed by atoms with E-state index in [1.165, 1.54) is 0 Å². The smallest absolute Gasteiger partial charge is 0.332 e. The Balaban J connectivity index is 1.50. The van der Waals surface area contributed by atoms with Crippen LogP contribution in [0, 0.1) is 5.92 Å². The zero-order valence-corrected chi connectivity index (χ0v) is 31.5. The molecule has 0 radical (unpaired) electrons. The largest absolute Gasteiger partial charge is 0.504 e. The normalized spacial score (nSPS) is 35.6. The second kappa shape index (κ2) is 20.7. The minimum absolute atomic E-state index is 0.000439. The van der Waals surface area contributed by atoms with E-state index in [0.717, 1.165) is 44.6 Å². The third-order valence-electron chi connectivity index (χ3n) is 10.7. The predicted octanol–water partition coefficient (Wildman–Crippen LogP) is -2.35. The molecule has 3 fully saturated rings. The highest BCUT2D eigenvalue weighted by Gasteiger charge is 2.54. The van der Waals surface area contributed by atoms with Gasteiger partial charge in [0.2, 0.25) is 11.7 Å². The van der Waals surface area contributed by atoms with Crippen molar-refractivity contribution in [2.24, 2.45) is 11.7 Å². The molecule has 20 heteroatoms. The minimum Gasteiger partial charge on any atom is -0.504 e. The Kier molecular flexibility index (Phi) is 16.3. The lowest BCUT2D eigenvalue weighted by atomic mass is 9.85. The van der Waals surface area contributed by atoms with Crippen molar-refractivity contribution in [2.45, 2.75) is 138 Å². The second-order valence-electron chi connectivity index (χ2n) is 14.8. The van der Waals surface area contributed by atoms with Crippen LogP contribution in [-0.4, -0.2) is 170 Å². The molecule has 0 aromatic heterocycles. The summed E-state index contributed by atoms with van der Waals surface area (Å²) in [5.74, 6) is -3.11. The van der Waals surface area contributed by atoms with Crippen molar-refractivity contribution in [1.29, 1.82) is 0 Å². The summed E-state index contributed by atoms with van der Waals surface area (Å²) in [5.41, 5.74) is 6.56. The van der Waals surface area contributed by atoms with E-state index < -0.39 is 129 Å². The maximum absolute atomic E-state index is 12.7. The molecule has 4 aliphatic rings. The van der Waals surface area contributed by atoms with Crippen LogP contribution in [0.25, 0.3) is 0 Å². The number of nitrogens with one attached hydrogen (secondary N) is 1. The SMILES string of the molecule is CC(=O)NC1C(O[C@@H]2OC(CO)[C@H](O)C(O)C2O)[C@@H](O)C(CO)O[C@H]1O[C@H]1C(CO)OC(Oc2ccc(CCN)cc2)=C(O)C1O[C@@H](CC1CCCCC1)C(=O)O. The molecular formula is C37H56N2O18. The van der Waals surface area contributed by atoms with Gasteiger partial charge in [0.1, 0.15) is 60.6 Å². The Labute approximate surface area is 328 Å². The number of aliphatic hydroxyl groups is 8. The third-order valence-corrected chi connectivity index (χ3v) is 10.7. The predicted molar refractivity (Wildman–Crippen MR) is 192 cm³/mol. The Morgan fingerprint density at radius 2 is 1.46 bits per heavy atom.